The predicted molar refractivity (Wildman–Crippen MR) is 87.6 cm³/mol. The summed E-state index contributed by atoms with van der Waals surface area (Å²) in [4.78, 5) is 11.7. The molecule has 1 aromatic carbocycles. The van der Waals surface area contributed by atoms with Crippen molar-refractivity contribution in [2.75, 3.05) is 25.6 Å². The van der Waals surface area contributed by atoms with Crippen LogP contribution in [0.5, 0.6) is 0 Å². The molecule has 2 N–H and O–H groups in total. The monoisotopic (exact) mass is 292 g/mol. The van der Waals surface area contributed by atoms with Crippen molar-refractivity contribution in [1.82, 2.24) is 5.32 Å². The summed E-state index contributed by atoms with van der Waals surface area (Å²) in [5, 5.41) is 6.47. The zero-order valence-corrected chi connectivity index (χ0v) is 13.7. The highest BCUT2D eigenvalue weighted by molar-refractivity contribution is 5.76. The van der Waals surface area contributed by atoms with Gasteiger partial charge < -0.3 is 15.4 Å². The largest absolute Gasteiger partial charge is 0.385 e. The Bertz CT molecular complexity index is 444. The smallest absolute Gasteiger partial charge is 0.222 e. The van der Waals surface area contributed by atoms with Crippen LogP contribution in [0.1, 0.15) is 38.7 Å². The molecule has 0 unspecified atom stereocenters. The molecule has 0 aromatic heterocycles. The summed E-state index contributed by atoms with van der Waals surface area (Å²) in [5.74, 6) is 0.0495. The molecule has 0 saturated heterocycles. The first-order valence-corrected chi connectivity index (χ1v) is 7.53. The Kier molecular flexibility index (Phi) is 7.23. The standard InChI is InChI=1S/C17H28N2O2/c1-14-7-5-8-15(13-14)18-11-6-10-17(2,3)19-16(20)9-12-21-4/h5,7-8,13,18H,6,9-12H2,1-4H3,(H,19,20). The summed E-state index contributed by atoms with van der Waals surface area (Å²) in [6.07, 6.45) is 2.36. The van der Waals surface area contributed by atoms with Gasteiger partial charge in [-0.05, 0) is 51.3 Å². The number of hydrogen-bond acceptors (Lipinski definition) is 3. The van der Waals surface area contributed by atoms with Crippen molar-refractivity contribution in [3.63, 3.8) is 0 Å². The lowest BCUT2D eigenvalue weighted by atomic mass is 9.98. The molecule has 0 heterocycles. The Morgan fingerprint density at radius 1 is 1.33 bits per heavy atom. The van der Waals surface area contributed by atoms with Crippen LogP contribution >= 0.6 is 0 Å². The van der Waals surface area contributed by atoms with E-state index in [1.807, 2.05) is 0 Å². The highest BCUT2D eigenvalue weighted by Crippen LogP contribution is 2.13. The van der Waals surface area contributed by atoms with E-state index in [1.165, 1.54) is 5.56 Å². The molecule has 21 heavy (non-hydrogen) atoms. The fraction of sp³-hybridized carbons (Fsp3) is 0.588. The van der Waals surface area contributed by atoms with E-state index in [2.05, 4.69) is 55.7 Å². The second-order valence-electron chi connectivity index (χ2n) is 6.07. The lowest BCUT2D eigenvalue weighted by molar-refractivity contribution is -0.123. The normalized spacial score (nSPS) is 11.2. The SMILES string of the molecule is COCCC(=O)NC(C)(C)CCCNc1cccc(C)c1. The van der Waals surface area contributed by atoms with Gasteiger partial charge in [-0.25, -0.2) is 0 Å². The molecule has 0 aliphatic rings. The van der Waals surface area contributed by atoms with E-state index < -0.39 is 0 Å². The van der Waals surface area contributed by atoms with Crippen molar-refractivity contribution < 1.29 is 9.53 Å². The van der Waals surface area contributed by atoms with Crippen LogP contribution in [-0.2, 0) is 9.53 Å². The molecule has 0 saturated carbocycles. The first-order chi connectivity index (χ1) is 9.93. The van der Waals surface area contributed by atoms with Gasteiger partial charge in [0.15, 0.2) is 0 Å². The molecule has 0 spiro atoms. The molecule has 4 heteroatoms. The number of rotatable bonds is 9. The van der Waals surface area contributed by atoms with Gasteiger partial charge in [0.2, 0.25) is 5.91 Å². The first-order valence-electron chi connectivity index (χ1n) is 7.53. The van der Waals surface area contributed by atoms with E-state index in [-0.39, 0.29) is 11.4 Å². The van der Waals surface area contributed by atoms with E-state index in [4.69, 9.17) is 4.74 Å². The minimum atomic E-state index is -0.181. The zero-order valence-electron chi connectivity index (χ0n) is 13.7. The third-order valence-electron chi connectivity index (χ3n) is 3.34. The summed E-state index contributed by atoms with van der Waals surface area (Å²) >= 11 is 0. The van der Waals surface area contributed by atoms with E-state index in [0.717, 1.165) is 25.1 Å². The lowest BCUT2D eigenvalue weighted by Gasteiger charge is -2.26. The second-order valence-corrected chi connectivity index (χ2v) is 6.07. The number of ether oxygens (including phenoxy) is 1. The number of benzene rings is 1. The molecule has 0 bridgehead atoms. The van der Waals surface area contributed by atoms with Gasteiger partial charge in [-0.15, -0.1) is 0 Å². The number of carbonyl (C=O) groups is 1. The molecule has 118 valence electrons. The van der Waals surface area contributed by atoms with Crippen molar-refractivity contribution >= 4 is 11.6 Å². The van der Waals surface area contributed by atoms with E-state index in [1.54, 1.807) is 7.11 Å². The van der Waals surface area contributed by atoms with E-state index in [0.29, 0.717) is 13.0 Å². The van der Waals surface area contributed by atoms with Gasteiger partial charge in [0.1, 0.15) is 0 Å². The topological polar surface area (TPSA) is 50.4 Å². The highest BCUT2D eigenvalue weighted by Gasteiger charge is 2.19. The van der Waals surface area contributed by atoms with E-state index in [9.17, 15) is 4.79 Å². The molecule has 0 atom stereocenters. The van der Waals surface area contributed by atoms with Gasteiger partial charge in [0.25, 0.3) is 0 Å². The Morgan fingerprint density at radius 2 is 2.10 bits per heavy atom. The molecule has 0 radical (unpaired) electrons. The lowest BCUT2D eigenvalue weighted by Crippen LogP contribution is -2.43. The number of methoxy groups -OCH3 is 1. The maximum Gasteiger partial charge on any atom is 0.222 e. The maximum absolute atomic E-state index is 11.7. The Hall–Kier alpha value is -1.55. The molecule has 0 aliphatic heterocycles. The number of aryl methyl sites for hydroxylation is 1. The molecular weight excluding hydrogens is 264 g/mol. The summed E-state index contributed by atoms with van der Waals surface area (Å²) in [7, 11) is 1.61. The number of nitrogens with one attached hydrogen (secondary N) is 2. The van der Waals surface area contributed by atoms with Crippen molar-refractivity contribution in [3.8, 4) is 0 Å². The van der Waals surface area contributed by atoms with Gasteiger partial charge in [-0.1, -0.05) is 12.1 Å². The average molecular weight is 292 g/mol. The number of amides is 1. The predicted octanol–water partition coefficient (Wildman–Crippen LogP) is 3.12. The van der Waals surface area contributed by atoms with Crippen LogP contribution in [-0.4, -0.2) is 31.7 Å². The van der Waals surface area contributed by atoms with Crippen molar-refractivity contribution in [2.24, 2.45) is 0 Å². The third kappa shape index (κ3) is 7.71. The van der Waals surface area contributed by atoms with Gasteiger partial charge in [0, 0.05) is 31.3 Å². The molecule has 1 rings (SSSR count). The number of carbonyl (C=O) groups excluding carboxylic acids is 1. The van der Waals surface area contributed by atoms with Gasteiger partial charge in [-0.2, -0.15) is 0 Å². The Labute approximate surface area is 128 Å². The summed E-state index contributed by atoms with van der Waals surface area (Å²) < 4.78 is 4.91. The summed E-state index contributed by atoms with van der Waals surface area (Å²) in [5.41, 5.74) is 2.22. The number of hydrogen-bond donors (Lipinski definition) is 2. The summed E-state index contributed by atoms with van der Waals surface area (Å²) in [6.45, 7) is 7.58. The average Bonchev–Trinajstić information content (AvgIpc) is 2.41. The minimum absolute atomic E-state index is 0.0495. The fourth-order valence-electron chi connectivity index (χ4n) is 2.22. The molecule has 4 nitrogen and oxygen atoms in total. The number of anilines is 1. The van der Waals surface area contributed by atoms with E-state index >= 15 is 0 Å². The van der Waals surface area contributed by atoms with Gasteiger partial charge >= 0.3 is 0 Å². The van der Waals surface area contributed by atoms with Crippen LogP contribution < -0.4 is 10.6 Å². The second kappa shape index (κ2) is 8.67. The maximum atomic E-state index is 11.7. The highest BCUT2D eigenvalue weighted by atomic mass is 16.5. The Balaban J connectivity index is 2.25. The van der Waals surface area contributed by atoms with Crippen LogP contribution in [0.3, 0.4) is 0 Å². The molecule has 0 fully saturated rings. The van der Waals surface area contributed by atoms with Crippen LogP contribution in [0.4, 0.5) is 5.69 Å². The molecular formula is C17H28N2O2. The zero-order chi connectivity index (χ0) is 15.7. The van der Waals surface area contributed by atoms with Crippen molar-refractivity contribution in [1.29, 1.82) is 0 Å². The third-order valence-corrected chi connectivity index (χ3v) is 3.34. The van der Waals surface area contributed by atoms with Crippen LogP contribution in [0.2, 0.25) is 0 Å². The Morgan fingerprint density at radius 3 is 2.76 bits per heavy atom. The molecule has 0 aliphatic carbocycles. The fourth-order valence-corrected chi connectivity index (χ4v) is 2.22. The van der Waals surface area contributed by atoms with Crippen LogP contribution in [0, 0.1) is 6.92 Å². The van der Waals surface area contributed by atoms with Crippen LogP contribution in [0.15, 0.2) is 24.3 Å². The molecule has 1 amide bonds. The first kappa shape index (κ1) is 17.5. The summed E-state index contributed by atoms with van der Waals surface area (Å²) in [6, 6.07) is 8.35. The van der Waals surface area contributed by atoms with Crippen molar-refractivity contribution in [2.45, 2.75) is 45.6 Å². The van der Waals surface area contributed by atoms with Gasteiger partial charge in [-0.3, -0.25) is 4.79 Å². The van der Waals surface area contributed by atoms with Crippen molar-refractivity contribution in [3.05, 3.63) is 29.8 Å². The minimum Gasteiger partial charge on any atom is -0.385 e. The van der Waals surface area contributed by atoms with Crippen LogP contribution in [0.25, 0.3) is 0 Å². The quantitative estimate of drug-likeness (QED) is 0.688. The van der Waals surface area contributed by atoms with Gasteiger partial charge in [0.05, 0.1) is 6.61 Å². The molecule has 1 aromatic rings.